The molecule has 2 aliphatic rings. The molecule has 2 heterocycles. The third-order valence-electron chi connectivity index (χ3n) is 6.33. The first-order valence-corrected chi connectivity index (χ1v) is 10.5. The highest BCUT2D eigenvalue weighted by molar-refractivity contribution is 5.95. The summed E-state index contributed by atoms with van der Waals surface area (Å²) in [6, 6.07) is 15.8. The van der Waals surface area contributed by atoms with Crippen LogP contribution in [0.1, 0.15) is 48.5 Å². The minimum absolute atomic E-state index is 0.174. The minimum Gasteiger partial charge on any atom is -0.387 e. The van der Waals surface area contributed by atoms with Gasteiger partial charge in [-0.2, -0.15) is 0 Å². The van der Waals surface area contributed by atoms with Crippen LogP contribution in [-0.4, -0.2) is 47.2 Å². The lowest BCUT2D eigenvalue weighted by molar-refractivity contribution is -0.117. The van der Waals surface area contributed by atoms with Crippen molar-refractivity contribution in [2.75, 3.05) is 31.1 Å². The van der Waals surface area contributed by atoms with E-state index in [4.69, 9.17) is 0 Å². The Hall–Kier alpha value is -2.21. The van der Waals surface area contributed by atoms with Crippen molar-refractivity contribution in [1.29, 1.82) is 0 Å². The van der Waals surface area contributed by atoms with Crippen molar-refractivity contribution in [2.45, 2.75) is 44.3 Å². The van der Waals surface area contributed by atoms with Crippen molar-refractivity contribution in [2.24, 2.45) is 0 Å². The molecule has 0 aromatic heterocycles. The number of β-amino-alcohol motifs (C(OH)–C–C–N with tert-alkyl or cyclic N) is 1. The topological polar surface area (TPSA) is 64.0 Å². The zero-order valence-electron chi connectivity index (χ0n) is 17.1. The number of hydrogen-bond donors (Lipinski definition) is 2. The van der Waals surface area contributed by atoms with E-state index in [1.54, 1.807) is 0 Å². The number of rotatable bonds is 5. The van der Waals surface area contributed by atoms with Crippen molar-refractivity contribution in [3.05, 3.63) is 65.2 Å². The zero-order chi connectivity index (χ0) is 20.4. The summed E-state index contributed by atoms with van der Waals surface area (Å²) in [5.41, 5.74) is 3.14. The predicted molar refractivity (Wildman–Crippen MR) is 114 cm³/mol. The fourth-order valence-electron chi connectivity index (χ4n) is 4.48. The first-order chi connectivity index (χ1) is 13.9. The van der Waals surface area contributed by atoms with E-state index >= 15 is 0 Å². The SMILES string of the molecule is Cc1cccc(C2(O)CCN(C[C@@H](O)c3ccc(N4CCCC4=O)cc3)CC2)c1. The number of carbonyl (C=O) groups excluding carboxylic acids is 1. The second kappa shape index (κ2) is 8.27. The summed E-state index contributed by atoms with van der Waals surface area (Å²) in [5.74, 6) is 0.174. The number of amides is 1. The van der Waals surface area contributed by atoms with Crippen LogP contribution in [0.15, 0.2) is 48.5 Å². The van der Waals surface area contributed by atoms with Gasteiger partial charge in [0.25, 0.3) is 0 Å². The third-order valence-corrected chi connectivity index (χ3v) is 6.33. The second-order valence-electron chi connectivity index (χ2n) is 8.46. The first-order valence-electron chi connectivity index (χ1n) is 10.5. The van der Waals surface area contributed by atoms with Crippen molar-refractivity contribution < 1.29 is 15.0 Å². The zero-order valence-corrected chi connectivity index (χ0v) is 17.1. The molecule has 5 nitrogen and oxygen atoms in total. The molecular weight excluding hydrogens is 364 g/mol. The van der Waals surface area contributed by atoms with Crippen molar-refractivity contribution in [3.8, 4) is 0 Å². The molecule has 0 spiro atoms. The summed E-state index contributed by atoms with van der Waals surface area (Å²) < 4.78 is 0. The molecule has 0 aliphatic carbocycles. The van der Waals surface area contributed by atoms with Gasteiger partial charge in [-0.25, -0.2) is 0 Å². The number of piperidine rings is 1. The van der Waals surface area contributed by atoms with E-state index in [9.17, 15) is 15.0 Å². The Balaban J connectivity index is 1.34. The van der Waals surface area contributed by atoms with E-state index in [1.807, 2.05) is 54.3 Å². The molecule has 0 radical (unpaired) electrons. The van der Waals surface area contributed by atoms with Crippen molar-refractivity contribution >= 4 is 11.6 Å². The van der Waals surface area contributed by atoms with Crippen LogP contribution in [0.4, 0.5) is 5.69 Å². The molecule has 2 N–H and O–H groups in total. The molecule has 0 unspecified atom stereocenters. The smallest absolute Gasteiger partial charge is 0.227 e. The Morgan fingerprint density at radius 3 is 2.41 bits per heavy atom. The van der Waals surface area contributed by atoms with Crippen LogP contribution in [0.5, 0.6) is 0 Å². The molecule has 4 rings (SSSR count). The Morgan fingerprint density at radius 2 is 1.79 bits per heavy atom. The quantitative estimate of drug-likeness (QED) is 0.818. The highest BCUT2D eigenvalue weighted by Gasteiger charge is 2.34. The van der Waals surface area contributed by atoms with E-state index in [2.05, 4.69) is 11.0 Å². The number of aliphatic hydroxyl groups is 2. The van der Waals surface area contributed by atoms with Gasteiger partial charge in [-0.05, 0) is 49.4 Å². The molecule has 2 aromatic carbocycles. The predicted octanol–water partition coefficient (Wildman–Crippen LogP) is 3.14. The van der Waals surface area contributed by atoms with Crippen molar-refractivity contribution in [3.63, 3.8) is 0 Å². The van der Waals surface area contributed by atoms with E-state index in [0.717, 1.165) is 48.4 Å². The van der Waals surface area contributed by atoms with Crippen LogP contribution in [-0.2, 0) is 10.4 Å². The average molecular weight is 395 g/mol. The average Bonchev–Trinajstić information content (AvgIpc) is 3.16. The lowest BCUT2D eigenvalue weighted by atomic mass is 9.84. The van der Waals surface area contributed by atoms with Crippen LogP contribution in [0.3, 0.4) is 0 Å². The molecule has 1 atom stereocenters. The van der Waals surface area contributed by atoms with Crippen LogP contribution in [0.25, 0.3) is 0 Å². The molecule has 0 bridgehead atoms. The molecule has 2 saturated heterocycles. The lowest BCUT2D eigenvalue weighted by Gasteiger charge is -2.39. The Morgan fingerprint density at radius 1 is 1.07 bits per heavy atom. The first kappa shape index (κ1) is 20.1. The summed E-state index contributed by atoms with van der Waals surface area (Å²) in [6.45, 7) is 4.87. The van der Waals surface area contributed by atoms with E-state index in [0.29, 0.717) is 25.8 Å². The summed E-state index contributed by atoms with van der Waals surface area (Å²) in [4.78, 5) is 15.9. The maximum Gasteiger partial charge on any atom is 0.227 e. The summed E-state index contributed by atoms with van der Waals surface area (Å²) >= 11 is 0. The largest absolute Gasteiger partial charge is 0.387 e. The molecule has 2 aliphatic heterocycles. The summed E-state index contributed by atoms with van der Waals surface area (Å²) in [5, 5.41) is 21.8. The third kappa shape index (κ3) is 4.37. The normalized spacial score (nSPS) is 20.8. The fraction of sp³-hybridized carbons (Fsp3) is 0.458. The molecule has 154 valence electrons. The lowest BCUT2D eigenvalue weighted by Crippen LogP contribution is -2.44. The molecule has 0 saturated carbocycles. The van der Waals surface area contributed by atoms with Gasteiger partial charge < -0.3 is 20.0 Å². The molecule has 29 heavy (non-hydrogen) atoms. The minimum atomic E-state index is -0.780. The number of nitrogens with zero attached hydrogens (tertiary/aromatic N) is 2. The number of aliphatic hydroxyl groups excluding tert-OH is 1. The van der Waals surface area contributed by atoms with Gasteiger partial charge in [0, 0.05) is 38.3 Å². The van der Waals surface area contributed by atoms with Gasteiger partial charge in [-0.1, -0.05) is 42.0 Å². The van der Waals surface area contributed by atoms with Gasteiger partial charge >= 0.3 is 0 Å². The fourth-order valence-corrected chi connectivity index (χ4v) is 4.48. The summed E-state index contributed by atoms with van der Waals surface area (Å²) in [7, 11) is 0. The van der Waals surface area contributed by atoms with Gasteiger partial charge in [0.1, 0.15) is 0 Å². The van der Waals surface area contributed by atoms with E-state index in [1.165, 1.54) is 0 Å². The van der Waals surface area contributed by atoms with Crippen LogP contribution in [0, 0.1) is 6.92 Å². The number of carbonyl (C=O) groups is 1. The van der Waals surface area contributed by atoms with Gasteiger partial charge in [-0.3, -0.25) is 4.79 Å². The highest BCUT2D eigenvalue weighted by atomic mass is 16.3. The van der Waals surface area contributed by atoms with Crippen LogP contribution >= 0.6 is 0 Å². The molecule has 2 aromatic rings. The Bertz CT molecular complexity index is 857. The standard InChI is InChI=1S/C24H30N2O3/c1-18-4-2-5-20(16-18)24(29)11-14-25(15-12-24)17-22(27)19-7-9-21(10-8-19)26-13-3-6-23(26)28/h2,4-5,7-10,16,22,27,29H,3,6,11-15,17H2,1H3/t22-/m1/s1. The van der Waals surface area contributed by atoms with Gasteiger partial charge in [0.2, 0.25) is 5.91 Å². The molecule has 1 amide bonds. The Kier molecular flexibility index (Phi) is 5.72. The van der Waals surface area contributed by atoms with Crippen molar-refractivity contribution in [1.82, 2.24) is 4.90 Å². The maximum absolute atomic E-state index is 11.9. The van der Waals surface area contributed by atoms with Gasteiger partial charge in [0.15, 0.2) is 0 Å². The molecule has 2 fully saturated rings. The maximum atomic E-state index is 11.9. The number of hydrogen-bond acceptors (Lipinski definition) is 4. The van der Waals surface area contributed by atoms with E-state index < -0.39 is 11.7 Å². The second-order valence-corrected chi connectivity index (χ2v) is 8.46. The number of likely N-dealkylation sites (tertiary alicyclic amines) is 1. The Labute approximate surface area is 172 Å². The summed E-state index contributed by atoms with van der Waals surface area (Å²) in [6.07, 6.45) is 2.28. The van der Waals surface area contributed by atoms with Gasteiger partial charge in [-0.15, -0.1) is 0 Å². The monoisotopic (exact) mass is 394 g/mol. The number of anilines is 1. The highest BCUT2D eigenvalue weighted by Crippen LogP contribution is 2.34. The van der Waals surface area contributed by atoms with Gasteiger partial charge in [0.05, 0.1) is 11.7 Å². The number of benzene rings is 2. The van der Waals surface area contributed by atoms with Crippen LogP contribution < -0.4 is 4.90 Å². The van der Waals surface area contributed by atoms with E-state index in [-0.39, 0.29) is 5.91 Å². The number of aryl methyl sites for hydroxylation is 1. The van der Waals surface area contributed by atoms with Crippen LogP contribution in [0.2, 0.25) is 0 Å². The molecular formula is C24H30N2O3. The molecule has 5 heteroatoms.